The van der Waals surface area contributed by atoms with Gasteiger partial charge in [0.1, 0.15) is 0 Å². The van der Waals surface area contributed by atoms with Gasteiger partial charge in [-0.3, -0.25) is 9.97 Å². The van der Waals surface area contributed by atoms with E-state index in [1.54, 1.807) is 0 Å². The summed E-state index contributed by atoms with van der Waals surface area (Å²) in [6, 6.07) is 17.2. The molecule has 5 rings (SSSR count). The van der Waals surface area contributed by atoms with Crippen LogP contribution in [0.1, 0.15) is 0 Å². The molecule has 1 saturated heterocycles. The number of hydrogen-bond donors (Lipinski definition) is 0. The van der Waals surface area contributed by atoms with Crippen molar-refractivity contribution < 1.29 is 0 Å². The number of piperazine rings is 1. The third-order valence-electron chi connectivity index (χ3n) is 5.60. The van der Waals surface area contributed by atoms with E-state index in [0.29, 0.717) is 0 Å². The third kappa shape index (κ3) is 2.99. The lowest BCUT2D eigenvalue weighted by molar-refractivity contribution is 0.653. The number of aryl methyl sites for hydroxylation is 1. The van der Waals surface area contributed by atoms with Crippen LogP contribution in [0.25, 0.3) is 22.2 Å². The van der Waals surface area contributed by atoms with Crippen LogP contribution in [0.3, 0.4) is 0 Å². The molecule has 5 nitrogen and oxygen atoms in total. The van der Waals surface area contributed by atoms with Crippen molar-refractivity contribution in [3.05, 3.63) is 73.3 Å². The second-order valence-electron chi connectivity index (χ2n) is 7.25. The molecule has 0 unspecified atom stereocenters. The number of pyridine rings is 2. The van der Waals surface area contributed by atoms with E-state index in [1.165, 1.54) is 27.8 Å². The van der Waals surface area contributed by atoms with Gasteiger partial charge >= 0.3 is 0 Å². The minimum Gasteiger partial charge on any atom is -0.368 e. The zero-order chi connectivity index (χ0) is 18.9. The smallest absolute Gasteiger partial charge is 0.0936 e. The molecule has 140 valence electrons. The summed E-state index contributed by atoms with van der Waals surface area (Å²) in [6.45, 7) is 3.95. The fourth-order valence-corrected chi connectivity index (χ4v) is 4.04. The summed E-state index contributed by atoms with van der Waals surface area (Å²) in [5, 5.41) is 1.26. The van der Waals surface area contributed by atoms with Crippen LogP contribution in [0, 0.1) is 0 Å². The molecule has 0 spiro atoms. The zero-order valence-corrected chi connectivity index (χ0v) is 16.0. The van der Waals surface area contributed by atoms with Crippen molar-refractivity contribution in [2.45, 2.75) is 0 Å². The van der Waals surface area contributed by atoms with Gasteiger partial charge in [-0.1, -0.05) is 12.1 Å². The summed E-state index contributed by atoms with van der Waals surface area (Å²) in [7, 11) is 2.09. The molecule has 1 fully saturated rings. The van der Waals surface area contributed by atoms with Gasteiger partial charge in [0.15, 0.2) is 0 Å². The van der Waals surface area contributed by atoms with Crippen molar-refractivity contribution >= 4 is 22.3 Å². The Balaban J connectivity index is 1.43. The van der Waals surface area contributed by atoms with Crippen molar-refractivity contribution in [3.63, 3.8) is 0 Å². The van der Waals surface area contributed by atoms with E-state index in [9.17, 15) is 0 Å². The average Bonchev–Trinajstić information content (AvgIpc) is 3.15. The number of nitrogens with zero attached hydrogens (tertiary/aromatic N) is 5. The van der Waals surface area contributed by atoms with Crippen molar-refractivity contribution in [1.29, 1.82) is 0 Å². The molecular formula is C23H23N5. The van der Waals surface area contributed by atoms with Crippen LogP contribution in [0.4, 0.5) is 11.4 Å². The lowest BCUT2D eigenvalue weighted by Gasteiger charge is -2.37. The fourth-order valence-electron chi connectivity index (χ4n) is 4.04. The Kier molecular flexibility index (Phi) is 4.20. The third-order valence-corrected chi connectivity index (χ3v) is 5.60. The monoisotopic (exact) mass is 369 g/mol. The molecule has 3 aromatic heterocycles. The molecule has 5 heteroatoms. The van der Waals surface area contributed by atoms with Gasteiger partial charge in [-0.15, -0.1) is 0 Å². The van der Waals surface area contributed by atoms with E-state index in [4.69, 9.17) is 4.98 Å². The van der Waals surface area contributed by atoms with Crippen molar-refractivity contribution in [3.8, 4) is 11.3 Å². The molecule has 28 heavy (non-hydrogen) atoms. The van der Waals surface area contributed by atoms with Crippen LogP contribution in [0.2, 0.25) is 0 Å². The maximum Gasteiger partial charge on any atom is 0.0936 e. The quantitative estimate of drug-likeness (QED) is 0.548. The Morgan fingerprint density at radius 1 is 0.821 bits per heavy atom. The zero-order valence-electron chi connectivity index (χ0n) is 16.0. The van der Waals surface area contributed by atoms with Gasteiger partial charge in [0.05, 0.1) is 11.4 Å². The number of anilines is 2. The number of fused-ring (bicyclic) bond motifs is 1. The summed E-state index contributed by atoms with van der Waals surface area (Å²) in [4.78, 5) is 13.7. The molecule has 0 radical (unpaired) electrons. The molecule has 0 bridgehead atoms. The normalized spacial score (nSPS) is 14.6. The van der Waals surface area contributed by atoms with Crippen LogP contribution in [0.5, 0.6) is 0 Å². The Morgan fingerprint density at radius 2 is 1.61 bits per heavy atom. The largest absolute Gasteiger partial charge is 0.368 e. The minimum absolute atomic E-state index is 0.980. The topological polar surface area (TPSA) is 37.2 Å². The Hall–Kier alpha value is -3.34. The summed E-state index contributed by atoms with van der Waals surface area (Å²) in [5.74, 6) is 0. The highest BCUT2D eigenvalue weighted by Crippen LogP contribution is 2.32. The lowest BCUT2D eigenvalue weighted by Crippen LogP contribution is -2.46. The predicted octanol–water partition coefficient (Wildman–Crippen LogP) is 3.96. The molecular weight excluding hydrogens is 346 g/mol. The van der Waals surface area contributed by atoms with Gasteiger partial charge in [-0.2, -0.15) is 0 Å². The van der Waals surface area contributed by atoms with E-state index < -0.39 is 0 Å². The Bertz CT molecular complexity index is 1090. The molecule has 0 N–H and O–H groups in total. The van der Waals surface area contributed by atoms with E-state index in [-0.39, 0.29) is 0 Å². The molecule has 0 amide bonds. The summed E-state index contributed by atoms with van der Waals surface area (Å²) >= 11 is 0. The minimum atomic E-state index is 0.980. The number of aromatic nitrogens is 3. The second-order valence-corrected chi connectivity index (χ2v) is 7.25. The van der Waals surface area contributed by atoms with Crippen LogP contribution in [0.15, 0.2) is 73.3 Å². The van der Waals surface area contributed by atoms with E-state index in [2.05, 4.69) is 75.1 Å². The van der Waals surface area contributed by atoms with Gasteiger partial charge in [0.2, 0.25) is 0 Å². The molecule has 1 aliphatic rings. The first-order chi connectivity index (χ1) is 13.8. The number of rotatable bonds is 3. The summed E-state index contributed by atoms with van der Waals surface area (Å²) < 4.78 is 2.16. The average molecular weight is 369 g/mol. The standard InChI is InChI=1S/C23H23N5/c1-26-12-8-18-4-5-19(17-22(18)26)23-21(3-2-9-25-23)28-15-13-27(14-16-28)20-6-10-24-11-7-20/h2-12,17H,13-16H2,1H3. The van der Waals surface area contributed by atoms with Gasteiger partial charge in [-0.05, 0) is 41.8 Å². The SMILES string of the molecule is Cn1ccc2ccc(-c3ncccc3N3CCN(c4ccncc4)CC3)cc21. The molecule has 1 aromatic carbocycles. The van der Waals surface area contributed by atoms with Gasteiger partial charge in [0, 0.05) is 74.8 Å². The van der Waals surface area contributed by atoms with Gasteiger partial charge in [-0.25, -0.2) is 0 Å². The summed E-state index contributed by atoms with van der Waals surface area (Å²) in [5.41, 5.74) is 5.92. The Morgan fingerprint density at radius 3 is 2.43 bits per heavy atom. The van der Waals surface area contributed by atoms with E-state index in [0.717, 1.165) is 31.9 Å². The van der Waals surface area contributed by atoms with Crippen LogP contribution < -0.4 is 9.80 Å². The van der Waals surface area contributed by atoms with Crippen LogP contribution >= 0.6 is 0 Å². The van der Waals surface area contributed by atoms with Crippen LogP contribution in [-0.4, -0.2) is 40.7 Å². The maximum absolute atomic E-state index is 4.75. The molecule has 1 aliphatic heterocycles. The lowest BCUT2D eigenvalue weighted by atomic mass is 10.1. The molecule has 0 aliphatic carbocycles. The van der Waals surface area contributed by atoms with Crippen molar-refractivity contribution in [2.24, 2.45) is 7.05 Å². The first kappa shape index (κ1) is 16.8. The van der Waals surface area contributed by atoms with E-state index >= 15 is 0 Å². The molecule has 0 atom stereocenters. The van der Waals surface area contributed by atoms with Crippen LogP contribution in [-0.2, 0) is 7.05 Å². The molecule has 0 saturated carbocycles. The molecule has 4 aromatic rings. The maximum atomic E-state index is 4.75. The summed E-state index contributed by atoms with van der Waals surface area (Å²) in [6.07, 6.45) is 7.72. The second kappa shape index (κ2) is 7.00. The highest BCUT2D eigenvalue weighted by molar-refractivity contribution is 5.87. The first-order valence-electron chi connectivity index (χ1n) is 9.70. The van der Waals surface area contributed by atoms with Crippen molar-refractivity contribution in [1.82, 2.24) is 14.5 Å². The highest BCUT2D eigenvalue weighted by Gasteiger charge is 2.20. The molecule has 4 heterocycles. The van der Waals surface area contributed by atoms with Gasteiger partial charge in [0.25, 0.3) is 0 Å². The van der Waals surface area contributed by atoms with Crippen molar-refractivity contribution in [2.75, 3.05) is 36.0 Å². The van der Waals surface area contributed by atoms with E-state index in [1.807, 2.05) is 24.7 Å². The first-order valence-corrected chi connectivity index (χ1v) is 9.70. The number of benzene rings is 1. The Labute approximate surface area is 164 Å². The highest BCUT2D eigenvalue weighted by atomic mass is 15.3. The predicted molar refractivity (Wildman–Crippen MR) is 115 cm³/mol. The van der Waals surface area contributed by atoms with Gasteiger partial charge < -0.3 is 14.4 Å². The fraction of sp³-hybridized carbons (Fsp3) is 0.217. The number of hydrogen-bond acceptors (Lipinski definition) is 4.